The summed E-state index contributed by atoms with van der Waals surface area (Å²) in [6.45, 7) is 7.59. The van der Waals surface area contributed by atoms with Crippen LogP contribution in [0.5, 0.6) is 0 Å². The molecule has 0 aliphatic rings. The average Bonchev–Trinajstić information content (AvgIpc) is 2.43. The Kier molecular flexibility index (Phi) is 4.49. The predicted molar refractivity (Wildman–Crippen MR) is 85.8 cm³/mol. The number of benzene rings is 2. The minimum absolute atomic E-state index is 0.266. The van der Waals surface area contributed by atoms with Crippen LogP contribution in [-0.2, 0) is 10.0 Å². The average molecular weight is 303 g/mol. The summed E-state index contributed by atoms with van der Waals surface area (Å²) in [5.41, 5.74) is 3.80. The fourth-order valence-electron chi connectivity index (χ4n) is 2.33. The van der Waals surface area contributed by atoms with E-state index in [4.69, 9.17) is 0 Å². The van der Waals surface area contributed by atoms with Gasteiger partial charge < -0.3 is 0 Å². The Balaban J connectivity index is 2.33. The molecular formula is C17H21NO2S. The zero-order valence-corrected chi connectivity index (χ0v) is 13.7. The first-order valence-electron chi connectivity index (χ1n) is 6.96. The summed E-state index contributed by atoms with van der Waals surface area (Å²) in [6.07, 6.45) is 0. The lowest BCUT2D eigenvalue weighted by molar-refractivity contribution is 0.566. The molecule has 0 amide bonds. The standard InChI is InChI=1S/C17H21NO2S/c1-12-10-14(3)17(11-13(12)2)21(19,20)18-15(4)16-8-6-5-7-9-16/h5-11,15,18H,1-4H3/t15-/m1/s1. The summed E-state index contributed by atoms with van der Waals surface area (Å²) in [4.78, 5) is 0.355. The highest BCUT2D eigenvalue weighted by Gasteiger charge is 2.20. The third kappa shape index (κ3) is 3.52. The molecule has 0 aromatic heterocycles. The van der Waals surface area contributed by atoms with Crippen molar-refractivity contribution < 1.29 is 8.42 Å². The highest BCUT2D eigenvalue weighted by Crippen LogP contribution is 2.22. The molecule has 0 saturated heterocycles. The van der Waals surface area contributed by atoms with Crippen LogP contribution >= 0.6 is 0 Å². The van der Waals surface area contributed by atoms with Gasteiger partial charge in [-0.1, -0.05) is 36.4 Å². The molecule has 1 N–H and O–H groups in total. The number of aryl methyl sites for hydroxylation is 3. The zero-order chi connectivity index (χ0) is 15.6. The fourth-order valence-corrected chi connectivity index (χ4v) is 3.87. The molecule has 112 valence electrons. The second-order valence-electron chi connectivity index (χ2n) is 5.46. The first-order valence-corrected chi connectivity index (χ1v) is 8.44. The van der Waals surface area contributed by atoms with E-state index in [9.17, 15) is 8.42 Å². The van der Waals surface area contributed by atoms with Crippen LogP contribution in [0.1, 0.15) is 35.2 Å². The number of hydrogen-bond donors (Lipinski definition) is 1. The van der Waals surface area contributed by atoms with Crippen molar-refractivity contribution in [1.82, 2.24) is 4.72 Å². The minimum Gasteiger partial charge on any atom is -0.207 e. The molecule has 2 rings (SSSR count). The number of nitrogens with one attached hydrogen (secondary N) is 1. The second kappa shape index (κ2) is 6.00. The van der Waals surface area contributed by atoms with Crippen LogP contribution in [0.3, 0.4) is 0 Å². The van der Waals surface area contributed by atoms with Gasteiger partial charge in [0.15, 0.2) is 0 Å². The van der Waals surface area contributed by atoms with Gasteiger partial charge in [-0.05, 0) is 56.0 Å². The van der Waals surface area contributed by atoms with E-state index in [2.05, 4.69) is 4.72 Å². The van der Waals surface area contributed by atoms with Crippen molar-refractivity contribution in [2.24, 2.45) is 0 Å². The molecule has 4 heteroatoms. The van der Waals surface area contributed by atoms with E-state index in [0.717, 1.165) is 22.3 Å². The van der Waals surface area contributed by atoms with Crippen LogP contribution in [0.15, 0.2) is 47.4 Å². The van der Waals surface area contributed by atoms with E-state index in [-0.39, 0.29) is 6.04 Å². The molecule has 1 atom stereocenters. The van der Waals surface area contributed by atoms with Crippen LogP contribution in [0.2, 0.25) is 0 Å². The van der Waals surface area contributed by atoms with Crippen molar-refractivity contribution >= 4 is 10.0 Å². The van der Waals surface area contributed by atoms with Crippen LogP contribution in [0, 0.1) is 20.8 Å². The molecule has 3 nitrogen and oxygen atoms in total. The fraction of sp³-hybridized carbons (Fsp3) is 0.294. The van der Waals surface area contributed by atoms with E-state index in [1.54, 1.807) is 6.07 Å². The Bertz CT molecular complexity index is 737. The van der Waals surface area contributed by atoms with Crippen LogP contribution in [0.4, 0.5) is 0 Å². The Morgan fingerprint density at radius 3 is 2.10 bits per heavy atom. The zero-order valence-electron chi connectivity index (χ0n) is 12.8. The third-order valence-corrected chi connectivity index (χ3v) is 5.40. The quantitative estimate of drug-likeness (QED) is 0.937. The van der Waals surface area contributed by atoms with Crippen LogP contribution in [-0.4, -0.2) is 8.42 Å². The topological polar surface area (TPSA) is 46.2 Å². The van der Waals surface area contributed by atoms with Gasteiger partial charge in [-0.2, -0.15) is 0 Å². The summed E-state index contributed by atoms with van der Waals surface area (Å²) < 4.78 is 27.9. The molecule has 0 bridgehead atoms. The molecule has 0 radical (unpaired) electrons. The first-order chi connectivity index (χ1) is 9.81. The molecule has 0 unspecified atom stereocenters. The SMILES string of the molecule is Cc1cc(C)c(S(=O)(=O)N[C@H](C)c2ccccc2)cc1C. The molecule has 21 heavy (non-hydrogen) atoms. The lowest BCUT2D eigenvalue weighted by Gasteiger charge is -2.17. The lowest BCUT2D eigenvalue weighted by atomic mass is 10.1. The highest BCUT2D eigenvalue weighted by atomic mass is 32.2. The maximum atomic E-state index is 12.6. The summed E-state index contributed by atoms with van der Waals surface area (Å²) in [7, 11) is -3.53. The van der Waals surface area contributed by atoms with Gasteiger partial charge in [0, 0.05) is 6.04 Å². The molecular weight excluding hydrogens is 282 g/mol. The first kappa shape index (κ1) is 15.7. The highest BCUT2D eigenvalue weighted by molar-refractivity contribution is 7.89. The van der Waals surface area contributed by atoms with Crippen molar-refractivity contribution in [2.45, 2.75) is 38.6 Å². The lowest BCUT2D eigenvalue weighted by Crippen LogP contribution is -2.27. The molecule has 0 spiro atoms. The monoisotopic (exact) mass is 303 g/mol. The number of rotatable bonds is 4. The third-order valence-electron chi connectivity index (χ3n) is 3.71. The van der Waals surface area contributed by atoms with Gasteiger partial charge in [0.25, 0.3) is 0 Å². The summed E-state index contributed by atoms with van der Waals surface area (Å²) in [6, 6.07) is 12.9. The Hall–Kier alpha value is -1.65. The Morgan fingerprint density at radius 1 is 0.905 bits per heavy atom. The maximum absolute atomic E-state index is 12.6. The van der Waals surface area contributed by atoms with E-state index in [0.29, 0.717) is 4.90 Å². The van der Waals surface area contributed by atoms with Gasteiger partial charge >= 0.3 is 0 Å². The van der Waals surface area contributed by atoms with E-state index in [1.807, 2.05) is 64.1 Å². The van der Waals surface area contributed by atoms with Crippen molar-refractivity contribution in [3.63, 3.8) is 0 Å². The summed E-state index contributed by atoms with van der Waals surface area (Å²) in [5, 5.41) is 0. The normalized spacial score (nSPS) is 13.1. The van der Waals surface area contributed by atoms with Crippen molar-refractivity contribution in [3.05, 3.63) is 64.7 Å². The maximum Gasteiger partial charge on any atom is 0.241 e. The number of hydrogen-bond acceptors (Lipinski definition) is 2. The largest absolute Gasteiger partial charge is 0.241 e. The van der Waals surface area contributed by atoms with Gasteiger partial charge in [-0.3, -0.25) is 0 Å². The van der Waals surface area contributed by atoms with E-state index in [1.165, 1.54) is 0 Å². The molecule has 0 aliphatic heterocycles. The van der Waals surface area contributed by atoms with Gasteiger partial charge in [0.2, 0.25) is 10.0 Å². The number of sulfonamides is 1. The van der Waals surface area contributed by atoms with Crippen molar-refractivity contribution in [2.75, 3.05) is 0 Å². The minimum atomic E-state index is -3.53. The molecule has 2 aromatic carbocycles. The van der Waals surface area contributed by atoms with Gasteiger partial charge in [0.05, 0.1) is 4.90 Å². The van der Waals surface area contributed by atoms with E-state index >= 15 is 0 Å². The van der Waals surface area contributed by atoms with Crippen molar-refractivity contribution in [3.8, 4) is 0 Å². The molecule has 0 fully saturated rings. The van der Waals surface area contributed by atoms with Crippen LogP contribution < -0.4 is 4.72 Å². The molecule has 0 heterocycles. The smallest absolute Gasteiger partial charge is 0.207 e. The van der Waals surface area contributed by atoms with Gasteiger partial charge in [-0.15, -0.1) is 0 Å². The van der Waals surface area contributed by atoms with Crippen molar-refractivity contribution in [1.29, 1.82) is 0 Å². The van der Waals surface area contributed by atoms with E-state index < -0.39 is 10.0 Å². The second-order valence-corrected chi connectivity index (χ2v) is 7.14. The predicted octanol–water partition coefficient (Wildman–Crippen LogP) is 3.65. The Labute approximate surface area is 127 Å². The van der Waals surface area contributed by atoms with Gasteiger partial charge in [-0.25, -0.2) is 13.1 Å². The summed E-state index contributed by atoms with van der Waals surface area (Å²) >= 11 is 0. The molecule has 2 aromatic rings. The van der Waals surface area contributed by atoms with Gasteiger partial charge in [0.1, 0.15) is 0 Å². The summed E-state index contributed by atoms with van der Waals surface area (Å²) in [5.74, 6) is 0. The molecule has 0 saturated carbocycles. The molecule has 0 aliphatic carbocycles. The van der Waals surface area contributed by atoms with Crippen LogP contribution in [0.25, 0.3) is 0 Å². The Morgan fingerprint density at radius 2 is 1.48 bits per heavy atom.